The highest BCUT2D eigenvalue weighted by molar-refractivity contribution is 8.14. The minimum absolute atomic E-state index is 0.0647. The van der Waals surface area contributed by atoms with Crippen LogP contribution in [-0.4, -0.2) is 29.0 Å². The summed E-state index contributed by atoms with van der Waals surface area (Å²) in [6.45, 7) is 1.63. The molecule has 0 bridgehead atoms. The number of hydrogen-bond acceptors (Lipinski definition) is 3. The van der Waals surface area contributed by atoms with E-state index in [1.165, 1.54) is 18.2 Å². The van der Waals surface area contributed by atoms with Gasteiger partial charge in [-0.25, -0.2) is 0 Å². The first-order chi connectivity index (χ1) is 10.3. The molecule has 2 N–H and O–H groups in total. The van der Waals surface area contributed by atoms with E-state index < -0.39 is 23.8 Å². The summed E-state index contributed by atoms with van der Waals surface area (Å²) in [6.07, 6.45) is -4.36. The van der Waals surface area contributed by atoms with Crippen molar-refractivity contribution in [3.63, 3.8) is 0 Å². The van der Waals surface area contributed by atoms with Gasteiger partial charge >= 0.3 is 6.18 Å². The molecule has 120 valence electrons. The number of nitrogens with one attached hydrogen (secondary N) is 2. The van der Waals surface area contributed by atoms with Crippen molar-refractivity contribution in [3.8, 4) is 0 Å². The summed E-state index contributed by atoms with van der Waals surface area (Å²) in [5, 5.41) is 4.86. The molecular formula is C14H15F3N2O2S. The Hall–Kier alpha value is -1.70. The van der Waals surface area contributed by atoms with Crippen LogP contribution in [0.2, 0.25) is 0 Å². The second kappa shape index (κ2) is 6.60. The number of rotatable bonds is 4. The molecule has 0 saturated carbocycles. The van der Waals surface area contributed by atoms with Gasteiger partial charge in [0, 0.05) is 11.8 Å². The summed E-state index contributed by atoms with van der Waals surface area (Å²) in [5.74, 6) is -0.0494. The van der Waals surface area contributed by atoms with E-state index >= 15 is 0 Å². The summed E-state index contributed by atoms with van der Waals surface area (Å²) < 4.78 is 38.7. The molecule has 0 aliphatic carbocycles. The number of carbonyl (C=O) groups is 2. The Kier molecular flexibility index (Phi) is 5.00. The van der Waals surface area contributed by atoms with Crippen molar-refractivity contribution in [1.29, 1.82) is 0 Å². The molecular weight excluding hydrogens is 317 g/mol. The van der Waals surface area contributed by atoms with E-state index in [0.29, 0.717) is 5.75 Å². The number of alkyl halides is 3. The molecule has 2 rings (SSSR count). The zero-order valence-corrected chi connectivity index (χ0v) is 12.6. The van der Waals surface area contributed by atoms with Crippen LogP contribution in [0.1, 0.15) is 18.1 Å². The molecule has 1 fully saturated rings. The first-order valence-corrected chi connectivity index (χ1v) is 7.64. The van der Waals surface area contributed by atoms with E-state index in [4.69, 9.17) is 0 Å². The molecule has 22 heavy (non-hydrogen) atoms. The highest BCUT2D eigenvalue weighted by Crippen LogP contribution is 2.32. The monoisotopic (exact) mass is 332 g/mol. The van der Waals surface area contributed by atoms with E-state index in [1.807, 2.05) is 0 Å². The third-order valence-corrected chi connectivity index (χ3v) is 4.11. The van der Waals surface area contributed by atoms with Crippen molar-refractivity contribution in [2.45, 2.75) is 31.6 Å². The molecule has 1 aliphatic heterocycles. The molecule has 1 aromatic carbocycles. The Balaban J connectivity index is 1.99. The molecule has 1 aromatic rings. The molecule has 1 saturated heterocycles. The van der Waals surface area contributed by atoms with Gasteiger partial charge in [-0.3, -0.25) is 9.59 Å². The number of amides is 2. The van der Waals surface area contributed by atoms with Crippen LogP contribution in [0.3, 0.4) is 0 Å². The van der Waals surface area contributed by atoms with E-state index in [0.717, 1.165) is 17.8 Å². The van der Waals surface area contributed by atoms with Crippen molar-refractivity contribution in [2.75, 3.05) is 5.75 Å². The zero-order chi connectivity index (χ0) is 16.3. The van der Waals surface area contributed by atoms with Gasteiger partial charge in [0.05, 0.1) is 5.56 Å². The molecule has 0 unspecified atom stereocenters. The van der Waals surface area contributed by atoms with Gasteiger partial charge in [0.15, 0.2) is 0 Å². The van der Waals surface area contributed by atoms with Crippen LogP contribution < -0.4 is 10.6 Å². The van der Waals surface area contributed by atoms with E-state index in [2.05, 4.69) is 10.6 Å². The smallest absolute Gasteiger partial charge is 0.352 e. The Morgan fingerprint density at radius 1 is 1.45 bits per heavy atom. The van der Waals surface area contributed by atoms with E-state index in [9.17, 15) is 22.8 Å². The first-order valence-electron chi connectivity index (χ1n) is 6.66. The Labute approximate surface area is 129 Å². The topological polar surface area (TPSA) is 58.2 Å². The number of carbonyl (C=O) groups excluding carboxylic acids is 2. The number of hydrogen-bond donors (Lipinski definition) is 2. The van der Waals surface area contributed by atoms with Crippen LogP contribution in [0.15, 0.2) is 24.3 Å². The maximum atomic E-state index is 12.9. The second-order valence-electron chi connectivity index (χ2n) is 5.06. The molecule has 0 spiro atoms. The predicted molar refractivity (Wildman–Crippen MR) is 77.5 cm³/mol. The Morgan fingerprint density at radius 2 is 2.14 bits per heavy atom. The Bertz CT molecular complexity index is 577. The third kappa shape index (κ3) is 4.16. The summed E-state index contributed by atoms with van der Waals surface area (Å²) in [4.78, 5) is 22.9. The maximum Gasteiger partial charge on any atom is 0.416 e. The van der Waals surface area contributed by atoms with Gasteiger partial charge in [-0.05, 0) is 25.0 Å². The number of benzene rings is 1. The van der Waals surface area contributed by atoms with Crippen molar-refractivity contribution in [1.82, 2.24) is 10.6 Å². The lowest BCUT2D eigenvalue weighted by atomic mass is 10.0. The summed E-state index contributed by atoms with van der Waals surface area (Å²) in [6, 6.07) is 4.20. The maximum absolute atomic E-state index is 12.9. The molecule has 0 radical (unpaired) electrons. The third-order valence-electron chi connectivity index (χ3n) is 3.23. The van der Waals surface area contributed by atoms with Gasteiger partial charge in [-0.15, -0.1) is 0 Å². The van der Waals surface area contributed by atoms with Crippen LogP contribution in [0, 0.1) is 0 Å². The lowest BCUT2D eigenvalue weighted by Crippen LogP contribution is -2.46. The average Bonchev–Trinajstić information content (AvgIpc) is 2.84. The second-order valence-corrected chi connectivity index (χ2v) is 6.06. The molecule has 4 nitrogen and oxygen atoms in total. The van der Waals surface area contributed by atoms with Crippen LogP contribution >= 0.6 is 11.8 Å². The molecule has 2 amide bonds. The normalized spacial score (nSPS) is 19.6. The molecule has 1 aliphatic rings. The number of thioether (sulfide) groups is 1. The van der Waals surface area contributed by atoms with Gasteiger partial charge < -0.3 is 10.6 Å². The first kappa shape index (κ1) is 16.7. The zero-order valence-electron chi connectivity index (χ0n) is 11.7. The van der Waals surface area contributed by atoms with Crippen molar-refractivity contribution >= 4 is 22.9 Å². The minimum Gasteiger partial charge on any atom is -0.352 e. The average molecular weight is 332 g/mol. The van der Waals surface area contributed by atoms with Gasteiger partial charge in [-0.2, -0.15) is 13.2 Å². The largest absolute Gasteiger partial charge is 0.416 e. The van der Waals surface area contributed by atoms with Gasteiger partial charge in [0.1, 0.15) is 6.04 Å². The highest BCUT2D eigenvalue weighted by Gasteiger charge is 2.33. The lowest BCUT2D eigenvalue weighted by molar-refractivity contribution is -0.138. The van der Waals surface area contributed by atoms with Crippen LogP contribution in [0.4, 0.5) is 18.0 Å². The fourth-order valence-electron chi connectivity index (χ4n) is 2.23. The molecule has 1 heterocycles. The van der Waals surface area contributed by atoms with Crippen LogP contribution in [0.5, 0.6) is 0 Å². The standard InChI is InChI=1S/C14H15F3N2O2S/c1-8(18-12(20)11-7-22-13(21)19-11)6-9-4-2-3-5-10(9)14(15,16)17/h2-5,8,11H,6-7H2,1H3,(H,18,20)(H,19,21)/t8-,11+/m0/s1. The van der Waals surface area contributed by atoms with E-state index in [1.54, 1.807) is 6.92 Å². The fourth-order valence-corrected chi connectivity index (χ4v) is 3.00. The van der Waals surface area contributed by atoms with Crippen LogP contribution in [0.25, 0.3) is 0 Å². The van der Waals surface area contributed by atoms with Crippen LogP contribution in [-0.2, 0) is 17.4 Å². The van der Waals surface area contributed by atoms with Crippen molar-refractivity contribution in [2.24, 2.45) is 0 Å². The SMILES string of the molecule is C[C@@H](Cc1ccccc1C(F)(F)F)NC(=O)[C@H]1CSC(=O)N1. The molecule has 0 aromatic heterocycles. The van der Waals surface area contributed by atoms with Gasteiger partial charge in [0.2, 0.25) is 5.91 Å². The van der Waals surface area contributed by atoms with Gasteiger partial charge in [-0.1, -0.05) is 30.0 Å². The summed E-state index contributed by atoms with van der Waals surface area (Å²) in [5.41, 5.74) is -0.562. The highest BCUT2D eigenvalue weighted by atomic mass is 32.2. The lowest BCUT2D eigenvalue weighted by Gasteiger charge is -2.19. The quantitative estimate of drug-likeness (QED) is 0.891. The Morgan fingerprint density at radius 3 is 2.73 bits per heavy atom. The number of halogens is 3. The summed E-state index contributed by atoms with van der Waals surface area (Å²) >= 11 is 1.01. The van der Waals surface area contributed by atoms with Crippen molar-refractivity contribution < 1.29 is 22.8 Å². The van der Waals surface area contributed by atoms with Gasteiger partial charge in [0.25, 0.3) is 5.24 Å². The van der Waals surface area contributed by atoms with Crippen molar-refractivity contribution in [3.05, 3.63) is 35.4 Å². The predicted octanol–water partition coefficient (Wildman–Crippen LogP) is 2.58. The molecule has 8 heteroatoms. The molecule has 2 atom stereocenters. The minimum atomic E-state index is -4.42. The fraction of sp³-hybridized carbons (Fsp3) is 0.429. The van der Waals surface area contributed by atoms with E-state index in [-0.39, 0.29) is 23.1 Å². The summed E-state index contributed by atoms with van der Waals surface area (Å²) in [7, 11) is 0.